The molecule has 1 rings (SSSR count). The van der Waals surface area contributed by atoms with Gasteiger partial charge < -0.3 is 0 Å². The molecule has 1 aromatic rings. The number of benzene rings is 1. The Labute approximate surface area is 120 Å². The molecule has 0 radical (unpaired) electrons. The molecule has 0 spiro atoms. The van der Waals surface area contributed by atoms with Crippen LogP contribution in [-0.2, 0) is 9.53 Å². The molecule has 0 saturated heterocycles. The summed E-state index contributed by atoms with van der Waals surface area (Å²) in [5.74, 6) is 0.728. The normalized spacial score (nSPS) is 11.2. The van der Waals surface area contributed by atoms with Crippen molar-refractivity contribution in [2.45, 2.75) is 34.6 Å². The number of esters is 1. The van der Waals surface area contributed by atoms with E-state index >= 15 is 0 Å². The summed E-state index contributed by atoms with van der Waals surface area (Å²) in [7, 11) is 0. The van der Waals surface area contributed by atoms with Crippen molar-refractivity contribution >= 4 is 27.9 Å². The Morgan fingerprint density at radius 1 is 1.16 bits per heavy atom. The molecule has 0 unspecified atom stereocenters. The van der Waals surface area contributed by atoms with Crippen LogP contribution in [0.5, 0.6) is 5.75 Å². The van der Waals surface area contributed by atoms with Crippen LogP contribution in [0.3, 0.4) is 0 Å². The topological polar surface area (TPSA) is 35.5 Å². The van der Waals surface area contributed by atoms with Gasteiger partial charge in [-0.3, -0.25) is 0 Å². The first kappa shape index (κ1) is 16.3. The second kappa shape index (κ2) is 7.78. The molecule has 0 amide bonds. The molecule has 0 bridgehead atoms. The van der Waals surface area contributed by atoms with Crippen LogP contribution in [0.2, 0.25) is 14.8 Å². The molecule has 106 valence electrons. The van der Waals surface area contributed by atoms with Gasteiger partial charge >= 0.3 is 120 Å². The molecule has 0 saturated carbocycles. The zero-order valence-corrected chi connectivity index (χ0v) is 15.2. The Hall–Kier alpha value is -0.711. The van der Waals surface area contributed by atoms with Crippen molar-refractivity contribution < 1.29 is 14.3 Å². The number of hydrogen-bond donors (Lipinski definition) is 0. The SMILES string of the molecule is CCOC(=O)CCCOc1cc[c]([Sn]([CH3])([CH3])[CH3])cc1. The van der Waals surface area contributed by atoms with E-state index in [1.807, 2.05) is 19.1 Å². The van der Waals surface area contributed by atoms with E-state index in [0.717, 1.165) is 5.75 Å². The fourth-order valence-electron chi connectivity index (χ4n) is 1.69. The van der Waals surface area contributed by atoms with E-state index in [9.17, 15) is 4.79 Å². The first-order chi connectivity index (χ1) is 8.93. The van der Waals surface area contributed by atoms with E-state index in [1.54, 1.807) is 0 Å². The van der Waals surface area contributed by atoms with Crippen LogP contribution in [0.15, 0.2) is 24.3 Å². The molecule has 0 N–H and O–H groups in total. The first-order valence-corrected chi connectivity index (χ1v) is 16.8. The van der Waals surface area contributed by atoms with Gasteiger partial charge in [-0.2, -0.15) is 0 Å². The summed E-state index contributed by atoms with van der Waals surface area (Å²) >= 11 is -1.95. The molecule has 3 nitrogen and oxygen atoms in total. The van der Waals surface area contributed by atoms with Crippen molar-refractivity contribution in [3.63, 3.8) is 0 Å². The number of ether oxygens (including phenoxy) is 2. The van der Waals surface area contributed by atoms with E-state index in [4.69, 9.17) is 9.47 Å². The van der Waals surface area contributed by atoms with Gasteiger partial charge in [-0.15, -0.1) is 0 Å². The van der Waals surface area contributed by atoms with Gasteiger partial charge in [-0.1, -0.05) is 0 Å². The standard InChI is InChI=1S/C12H15O3.3CH3.Sn/c1-2-14-12(13)9-6-10-15-11-7-4-3-5-8-11;;;;/h4-5,7-8H,2,6,9-10H2,1H3;3*1H3;. The van der Waals surface area contributed by atoms with E-state index < -0.39 is 18.4 Å². The number of carbonyl (C=O) groups is 1. The van der Waals surface area contributed by atoms with Crippen molar-refractivity contribution in [1.29, 1.82) is 0 Å². The number of carbonyl (C=O) groups excluding carboxylic acids is 1. The monoisotopic (exact) mass is 372 g/mol. The molecular weight excluding hydrogens is 347 g/mol. The van der Waals surface area contributed by atoms with Gasteiger partial charge in [0.05, 0.1) is 0 Å². The van der Waals surface area contributed by atoms with E-state index in [1.165, 1.54) is 3.58 Å². The van der Waals surface area contributed by atoms with Crippen molar-refractivity contribution in [3.8, 4) is 5.75 Å². The maximum absolute atomic E-state index is 11.1. The van der Waals surface area contributed by atoms with Crippen LogP contribution >= 0.6 is 0 Å². The summed E-state index contributed by atoms with van der Waals surface area (Å²) in [6.07, 6.45) is 1.11. The third-order valence-corrected chi connectivity index (χ3v) is 8.71. The Morgan fingerprint density at radius 2 is 1.79 bits per heavy atom. The van der Waals surface area contributed by atoms with E-state index in [2.05, 4.69) is 27.0 Å². The molecule has 0 aliphatic carbocycles. The molecule has 0 atom stereocenters. The molecule has 0 fully saturated rings. The van der Waals surface area contributed by atoms with E-state index in [0.29, 0.717) is 26.1 Å². The summed E-state index contributed by atoms with van der Waals surface area (Å²) in [5, 5.41) is 0. The fourth-order valence-corrected chi connectivity index (χ4v) is 5.02. The average Bonchev–Trinajstić information content (AvgIpc) is 2.34. The summed E-state index contributed by atoms with van der Waals surface area (Å²) in [5.41, 5.74) is 0. The second-order valence-electron chi connectivity index (χ2n) is 5.53. The van der Waals surface area contributed by atoms with Gasteiger partial charge in [0, 0.05) is 0 Å². The van der Waals surface area contributed by atoms with Crippen LogP contribution in [0.4, 0.5) is 0 Å². The molecular formula is C15H24O3Sn. The van der Waals surface area contributed by atoms with Crippen LogP contribution in [0, 0.1) is 0 Å². The molecule has 0 heterocycles. The molecule has 0 aromatic heterocycles. The third-order valence-electron chi connectivity index (χ3n) is 2.82. The van der Waals surface area contributed by atoms with E-state index in [-0.39, 0.29) is 5.97 Å². The first-order valence-electron chi connectivity index (χ1n) is 6.82. The van der Waals surface area contributed by atoms with Crippen molar-refractivity contribution in [2.75, 3.05) is 13.2 Å². The molecule has 19 heavy (non-hydrogen) atoms. The van der Waals surface area contributed by atoms with Gasteiger partial charge in [-0.05, 0) is 0 Å². The minimum absolute atomic E-state index is 0.150. The van der Waals surface area contributed by atoms with Gasteiger partial charge in [-0.25, -0.2) is 0 Å². The Morgan fingerprint density at radius 3 is 2.32 bits per heavy atom. The van der Waals surface area contributed by atoms with Gasteiger partial charge in [0.15, 0.2) is 0 Å². The zero-order valence-electron chi connectivity index (χ0n) is 12.4. The summed E-state index contributed by atoms with van der Waals surface area (Å²) < 4.78 is 12.0. The van der Waals surface area contributed by atoms with Crippen LogP contribution in [-0.4, -0.2) is 37.6 Å². The van der Waals surface area contributed by atoms with Crippen molar-refractivity contribution in [2.24, 2.45) is 0 Å². The fraction of sp³-hybridized carbons (Fsp3) is 0.533. The van der Waals surface area contributed by atoms with Crippen LogP contribution < -0.4 is 8.32 Å². The number of hydrogen-bond acceptors (Lipinski definition) is 3. The Bertz CT molecular complexity index is 393. The van der Waals surface area contributed by atoms with Crippen LogP contribution in [0.1, 0.15) is 19.8 Å². The Kier molecular flexibility index (Phi) is 6.69. The van der Waals surface area contributed by atoms with Crippen molar-refractivity contribution in [3.05, 3.63) is 24.3 Å². The van der Waals surface area contributed by atoms with Crippen molar-refractivity contribution in [1.82, 2.24) is 0 Å². The summed E-state index contributed by atoms with van der Waals surface area (Å²) in [4.78, 5) is 18.3. The molecule has 0 aliphatic rings. The summed E-state index contributed by atoms with van der Waals surface area (Å²) in [6.45, 7) is 2.81. The molecule has 1 aromatic carbocycles. The number of rotatable bonds is 7. The van der Waals surface area contributed by atoms with Gasteiger partial charge in [0.2, 0.25) is 0 Å². The second-order valence-corrected chi connectivity index (χ2v) is 20.0. The average molecular weight is 371 g/mol. The molecule has 4 heteroatoms. The van der Waals surface area contributed by atoms with Gasteiger partial charge in [0.25, 0.3) is 0 Å². The molecule has 0 aliphatic heterocycles. The quantitative estimate of drug-likeness (QED) is 0.420. The maximum atomic E-state index is 11.1. The predicted molar refractivity (Wildman–Crippen MR) is 80.8 cm³/mol. The zero-order chi connectivity index (χ0) is 14.3. The van der Waals surface area contributed by atoms with Crippen LogP contribution in [0.25, 0.3) is 0 Å². The predicted octanol–water partition coefficient (Wildman–Crippen LogP) is 2.95. The Balaban J connectivity index is 2.33. The minimum atomic E-state index is -1.95. The third kappa shape index (κ3) is 6.32. The van der Waals surface area contributed by atoms with Gasteiger partial charge in [0.1, 0.15) is 0 Å². The summed E-state index contributed by atoms with van der Waals surface area (Å²) in [6, 6.07) is 8.41.